The Bertz CT molecular complexity index is 360. The second kappa shape index (κ2) is 5.82. The van der Waals surface area contributed by atoms with Crippen LogP contribution in [0.2, 0.25) is 0 Å². The lowest BCUT2D eigenvalue weighted by molar-refractivity contribution is -0.156. The maximum atomic E-state index is 12.2. The summed E-state index contributed by atoms with van der Waals surface area (Å²) >= 11 is 0. The largest absolute Gasteiger partial charge is 0.391 e. The molecule has 0 aliphatic carbocycles. The van der Waals surface area contributed by atoms with E-state index < -0.39 is 18.7 Å². The van der Waals surface area contributed by atoms with Crippen molar-refractivity contribution in [1.29, 1.82) is 0 Å². The normalized spacial score (nSPS) is 13.4. The Hall–Kier alpha value is -1.36. The summed E-state index contributed by atoms with van der Waals surface area (Å²) in [5.74, 6) is -0.346. The molecule has 17 heavy (non-hydrogen) atoms. The molecule has 2 nitrogen and oxygen atoms in total. The van der Waals surface area contributed by atoms with E-state index in [9.17, 15) is 18.0 Å². The Balaban J connectivity index is 2.60. The zero-order chi connectivity index (χ0) is 12.9. The Morgan fingerprint density at radius 2 is 1.88 bits per heavy atom. The number of carbonyl (C=O) groups excluding carboxylic acids is 1. The fourth-order valence-corrected chi connectivity index (χ4v) is 1.45. The van der Waals surface area contributed by atoms with Crippen LogP contribution in [-0.2, 0) is 4.74 Å². The molecule has 0 aromatic heterocycles. The van der Waals surface area contributed by atoms with Crippen molar-refractivity contribution in [3.63, 3.8) is 0 Å². The first kappa shape index (κ1) is 13.7. The van der Waals surface area contributed by atoms with Crippen LogP contribution < -0.4 is 0 Å². The zero-order valence-corrected chi connectivity index (χ0v) is 9.33. The number of Topliss-reactive ketones (excluding diaryl/α,β-unsaturated/α-hetero) is 1. The fraction of sp³-hybridized carbons (Fsp3) is 0.417. The molecule has 0 saturated carbocycles. The second-order valence-electron chi connectivity index (χ2n) is 3.67. The number of methoxy groups -OCH3 is 1. The molecule has 0 amide bonds. The van der Waals surface area contributed by atoms with Crippen molar-refractivity contribution < 1.29 is 22.7 Å². The summed E-state index contributed by atoms with van der Waals surface area (Å²) in [4.78, 5) is 11.7. The van der Waals surface area contributed by atoms with Crippen molar-refractivity contribution in [3.05, 3.63) is 35.9 Å². The molecule has 0 heterocycles. The third kappa shape index (κ3) is 4.99. The molecule has 0 bridgehead atoms. The first-order valence-electron chi connectivity index (χ1n) is 5.10. The number of halogens is 3. The molecular weight excluding hydrogens is 233 g/mol. The van der Waals surface area contributed by atoms with Crippen molar-refractivity contribution in [2.75, 3.05) is 7.11 Å². The fourth-order valence-electron chi connectivity index (χ4n) is 1.45. The van der Waals surface area contributed by atoms with E-state index in [1.54, 1.807) is 30.3 Å². The quantitative estimate of drug-likeness (QED) is 0.745. The summed E-state index contributed by atoms with van der Waals surface area (Å²) in [6.45, 7) is 0. The van der Waals surface area contributed by atoms with Gasteiger partial charge in [-0.2, -0.15) is 13.2 Å². The highest BCUT2D eigenvalue weighted by Gasteiger charge is 2.33. The monoisotopic (exact) mass is 246 g/mol. The van der Waals surface area contributed by atoms with Gasteiger partial charge in [0.25, 0.3) is 0 Å². The van der Waals surface area contributed by atoms with Gasteiger partial charge in [-0.3, -0.25) is 4.79 Å². The lowest BCUT2D eigenvalue weighted by Crippen LogP contribution is -2.24. The Labute approximate surface area is 97.4 Å². The number of hydrogen-bond acceptors (Lipinski definition) is 2. The van der Waals surface area contributed by atoms with E-state index in [-0.39, 0.29) is 12.2 Å². The maximum Gasteiger partial charge on any atom is 0.391 e. The Morgan fingerprint density at radius 1 is 1.29 bits per heavy atom. The van der Waals surface area contributed by atoms with Gasteiger partial charge < -0.3 is 4.74 Å². The molecule has 0 saturated heterocycles. The van der Waals surface area contributed by atoms with Crippen LogP contribution >= 0.6 is 0 Å². The van der Waals surface area contributed by atoms with Gasteiger partial charge >= 0.3 is 6.18 Å². The summed E-state index contributed by atoms with van der Waals surface area (Å²) in [6.07, 6.45) is -6.82. The van der Waals surface area contributed by atoms with Crippen LogP contribution in [0.25, 0.3) is 0 Å². The topological polar surface area (TPSA) is 26.3 Å². The minimum atomic E-state index is -4.32. The molecule has 1 aromatic rings. The van der Waals surface area contributed by atoms with Crippen LogP contribution in [0.4, 0.5) is 13.2 Å². The van der Waals surface area contributed by atoms with Crippen LogP contribution in [0.15, 0.2) is 30.3 Å². The van der Waals surface area contributed by atoms with E-state index in [0.29, 0.717) is 5.56 Å². The van der Waals surface area contributed by atoms with E-state index in [0.717, 1.165) is 0 Å². The molecule has 0 radical (unpaired) electrons. The number of ketones is 1. The first-order chi connectivity index (χ1) is 7.92. The summed E-state index contributed by atoms with van der Waals surface area (Å²) in [5, 5.41) is 0. The van der Waals surface area contributed by atoms with E-state index >= 15 is 0 Å². The summed E-state index contributed by atoms with van der Waals surface area (Å²) in [6, 6.07) is 8.21. The number of benzene rings is 1. The number of alkyl halides is 3. The minimum Gasteiger partial charge on any atom is -0.381 e. The van der Waals surface area contributed by atoms with E-state index in [2.05, 4.69) is 4.74 Å². The van der Waals surface area contributed by atoms with E-state index in [1.165, 1.54) is 7.11 Å². The van der Waals surface area contributed by atoms with Crippen LogP contribution in [0, 0.1) is 0 Å². The molecule has 94 valence electrons. The molecule has 1 atom stereocenters. The summed E-state index contributed by atoms with van der Waals surface area (Å²) in [7, 11) is 1.18. The second-order valence-corrected chi connectivity index (χ2v) is 3.67. The predicted molar refractivity (Wildman–Crippen MR) is 56.9 cm³/mol. The molecule has 0 aliphatic rings. The maximum absolute atomic E-state index is 12.2. The molecule has 1 rings (SSSR count). The predicted octanol–water partition coefficient (Wildman–Crippen LogP) is 3.23. The smallest absolute Gasteiger partial charge is 0.381 e. The van der Waals surface area contributed by atoms with Gasteiger partial charge in [0.2, 0.25) is 0 Å². The average Bonchev–Trinajstić information content (AvgIpc) is 2.27. The van der Waals surface area contributed by atoms with Gasteiger partial charge in [0, 0.05) is 19.1 Å². The molecule has 0 fully saturated rings. The lowest BCUT2D eigenvalue weighted by Gasteiger charge is -2.16. The molecule has 5 heteroatoms. The third-order valence-electron chi connectivity index (χ3n) is 2.30. The minimum absolute atomic E-state index is 0.264. The van der Waals surface area contributed by atoms with Crippen molar-refractivity contribution in [2.45, 2.75) is 25.1 Å². The zero-order valence-electron chi connectivity index (χ0n) is 9.33. The van der Waals surface area contributed by atoms with E-state index in [1.807, 2.05) is 0 Å². The molecule has 1 unspecified atom stereocenters. The SMILES string of the molecule is COC(CC(=O)c1ccccc1)CC(F)(F)F. The van der Waals surface area contributed by atoms with Gasteiger partial charge in [0.05, 0.1) is 12.5 Å². The van der Waals surface area contributed by atoms with Gasteiger partial charge in [-0.1, -0.05) is 30.3 Å². The molecule has 0 N–H and O–H groups in total. The van der Waals surface area contributed by atoms with E-state index in [4.69, 9.17) is 0 Å². The van der Waals surface area contributed by atoms with Crippen molar-refractivity contribution in [2.24, 2.45) is 0 Å². The first-order valence-corrected chi connectivity index (χ1v) is 5.10. The van der Waals surface area contributed by atoms with Gasteiger partial charge in [-0.15, -0.1) is 0 Å². The average molecular weight is 246 g/mol. The standard InChI is InChI=1S/C12H13F3O2/c1-17-10(8-12(13,14)15)7-11(16)9-5-3-2-4-6-9/h2-6,10H,7-8H2,1H3. The van der Waals surface area contributed by atoms with Crippen LogP contribution in [0.3, 0.4) is 0 Å². The van der Waals surface area contributed by atoms with Crippen molar-refractivity contribution in [1.82, 2.24) is 0 Å². The Morgan fingerprint density at radius 3 is 2.35 bits per heavy atom. The number of rotatable bonds is 5. The number of carbonyl (C=O) groups is 1. The van der Waals surface area contributed by atoms with Crippen LogP contribution in [-0.4, -0.2) is 25.2 Å². The molecule has 0 spiro atoms. The summed E-state index contributed by atoms with van der Waals surface area (Å²) in [5.41, 5.74) is 0.400. The van der Waals surface area contributed by atoms with Crippen LogP contribution in [0.5, 0.6) is 0 Å². The van der Waals surface area contributed by atoms with Gasteiger partial charge in [-0.05, 0) is 0 Å². The third-order valence-corrected chi connectivity index (χ3v) is 2.30. The van der Waals surface area contributed by atoms with Gasteiger partial charge in [0.15, 0.2) is 5.78 Å². The Kier molecular flexibility index (Phi) is 4.69. The van der Waals surface area contributed by atoms with Crippen LogP contribution in [0.1, 0.15) is 23.2 Å². The molecule has 1 aromatic carbocycles. The molecule has 0 aliphatic heterocycles. The number of hydrogen-bond donors (Lipinski definition) is 0. The lowest BCUT2D eigenvalue weighted by atomic mass is 10.0. The molecular formula is C12H13F3O2. The highest BCUT2D eigenvalue weighted by Crippen LogP contribution is 2.24. The van der Waals surface area contributed by atoms with Crippen molar-refractivity contribution in [3.8, 4) is 0 Å². The van der Waals surface area contributed by atoms with Crippen molar-refractivity contribution >= 4 is 5.78 Å². The summed E-state index contributed by atoms with van der Waals surface area (Å²) < 4.78 is 41.1. The highest BCUT2D eigenvalue weighted by molar-refractivity contribution is 5.96. The highest BCUT2D eigenvalue weighted by atomic mass is 19.4. The van der Waals surface area contributed by atoms with Gasteiger partial charge in [-0.25, -0.2) is 0 Å². The number of ether oxygens (including phenoxy) is 1. The van der Waals surface area contributed by atoms with Gasteiger partial charge in [0.1, 0.15) is 0 Å².